The highest BCUT2D eigenvalue weighted by Crippen LogP contribution is 2.27. The van der Waals surface area contributed by atoms with Crippen LogP contribution in [0.3, 0.4) is 0 Å². The lowest BCUT2D eigenvalue weighted by atomic mass is 10.0. The molecular weight excluding hydrogens is 197 g/mol. The zero-order chi connectivity index (χ0) is 10.8. The molecule has 1 saturated heterocycles. The maximum atomic E-state index is 13.4. The Labute approximate surface area is 87.9 Å². The number of nitrogens with one attached hydrogen (secondary N) is 1. The van der Waals surface area contributed by atoms with E-state index in [0.29, 0.717) is 18.7 Å². The summed E-state index contributed by atoms with van der Waals surface area (Å²) in [5.41, 5.74) is 0.963. The molecule has 0 saturated carbocycles. The van der Waals surface area contributed by atoms with Gasteiger partial charge in [-0.1, -0.05) is 0 Å². The van der Waals surface area contributed by atoms with E-state index in [9.17, 15) is 9.50 Å². The van der Waals surface area contributed by atoms with Crippen molar-refractivity contribution in [3.05, 3.63) is 29.1 Å². The third-order valence-corrected chi connectivity index (χ3v) is 2.64. The maximum Gasteiger partial charge on any atom is 0.130 e. The second-order valence-corrected chi connectivity index (χ2v) is 3.71. The van der Waals surface area contributed by atoms with Crippen LogP contribution >= 0.6 is 0 Å². The molecule has 0 amide bonds. The molecule has 1 aromatic rings. The second kappa shape index (κ2) is 4.16. The number of hydrogen-bond acceptors (Lipinski definition) is 3. The summed E-state index contributed by atoms with van der Waals surface area (Å²) in [6, 6.07) is 2.99. The molecule has 2 rings (SSSR count). The van der Waals surface area contributed by atoms with Gasteiger partial charge in [0.2, 0.25) is 0 Å². The number of phenolic OH excluding ortho intramolecular Hbond substituents is 1. The van der Waals surface area contributed by atoms with Crippen molar-refractivity contribution in [3.63, 3.8) is 0 Å². The number of rotatable bonds is 1. The van der Waals surface area contributed by atoms with Gasteiger partial charge in [0.1, 0.15) is 11.6 Å². The van der Waals surface area contributed by atoms with E-state index < -0.39 is 0 Å². The van der Waals surface area contributed by atoms with Crippen molar-refractivity contribution >= 4 is 0 Å². The fourth-order valence-corrected chi connectivity index (χ4v) is 1.65. The summed E-state index contributed by atoms with van der Waals surface area (Å²) in [7, 11) is 0. The molecule has 2 N–H and O–H groups in total. The van der Waals surface area contributed by atoms with Gasteiger partial charge in [0, 0.05) is 18.7 Å². The van der Waals surface area contributed by atoms with E-state index in [-0.39, 0.29) is 23.2 Å². The minimum atomic E-state index is -0.390. The van der Waals surface area contributed by atoms with Gasteiger partial charge >= 0.3 is 0 Å². The zero-order valence-electron chi connectivity index (χ0n) is 8.59. The van der Waals surface area contributed by atoms with E-state index in [2.05, 4.69) is 5.32 Å². The van der Waals surface area contributed by atoms with E-state index in [1.54, 1.807) is 13.0 Å². The van der Waals surface area contributed by atoms with Crippen LogP contribution in [-0.4, -0.2) is 24.8 Å². The number of ether oxygens (including phenoxy) is 1. The topological polar surface area (TPSA) is 41.5 Å². The summed E-state index contributed by atoms with van der Waals surface area (Å²) >= 11 is 0. The van der Waals surface area contributed by atoms with Gasteiger partial charge in [-0.25, -0.2) is 4.39 Å². The van der Waals surface area contributed by atoms with Crippen molar-refractivity contribution in [3.8, 4) is 5.75 Å². The molecule has 1 aliphatic heterocycles. The van der Waals surface area contributed by atoms with Gasteiger partial charge in [-0.3, -0.25) is 0 Å². The van der Waals surface area contributed by atoms with Crippen LogP contribution in [0.4, 0.5) is 4.39 Å². The van der Waals surface area contributed by atoms with E-state index >= 15 is 0 Å². The first-order valence-corrected chi connectivity index (χ1v) is 5.00. The quantitative estimate of drug-likeness (QED) is 0.739. The predicted octanol–water partition coefficient (Wildman–Crippen LogP) is 1.50. The summed E-state index contributed by atoms with van der Waals surface area (Å²) in [5, 5.41) is 12.7. The standard InChI is InChI=1S/C11H14FNO2/c1-7-9(12)4-8(5-10(7)14)11-6-13-2-3-15-11/h4-5,11,13-14H,2-3,6H2,1H3. The van der Waals surface area contributed by atoms with Crippen LogP contribution in [0.2, 0.25) is 0 Å². The van der Waals surface area contributed by atoms with E-state index in [4.69, 9.17) is 4.74 Å². The van der Waals surface area contributed by atoms with Gasteiger partial charge in [-0.2, -0.15) is 0 Å². The Morgan fingerprint density at radius 3 is 2.93 bits per heavy atom. The van der Waals surface area contributed by atoms with Crippen molar-refractivity contribution in [2.24, 2.45) is 0 Å². The van der Waals surface area contributed by atoms with Crippen molar-refractivity contribution in [1.82, 2.24) is 5.32 Å². The molecule has 0 bridgehead atoms. The summed E-state index contributed by atoms with van der Waals surface area (Å²) in [6.45, 7) is 3.63. The molecule has 0 aromatic heterocycles. The molecule has 0 spiro atoms. The summed E-state index contributed by atoms with van der Waals surface area (Å²) in [4.78, 5) is 0. The molecule has 0 radical (unpaired) electrons. The highest BCUT2D eigenvalue weighted by atomic mass is 19.1. The Morgan fingerprint density at radius 2 is 2.33 bits per heavy atom. The van der Waals surface area contributed by atoms with Crippen LogP contribution in [0.25, 0.3) is 0 Å². The molecule has 1 fully saturated rings. The third kappa shape index (κ3) is 2.11. The van der Waals surface area contributed by atoms with Crippen LogP contribution in [0, 0.1) is 12.7 Å². The number of halogens is 1. The van der Waals surface area contributed by atoms with Crippen LogP contribution in [0.1, 0.15) is 17.2 Å². The lowest BCUT2D eigenvalue weighted by Crippen LogP contribution is -2.33. The van der Waals surface area contributed by atoms with E-state index in [0.717, 1.165) is 6.54 Å². The molecule has 1 atom stereocenters. The second-order valence-electron chi connectivity index (χ2n) is 3.71. The molecule has 3 nitrogen and oxygen atoms in total. The Bertz CT molecular complexity index is 339. The Morgan fingerprint density at radius 1 is 1.53 bits per heavy atom. The van der Waals surface area contributed by atoms with E-state index in [1.807, 2.05) is 0 Å². The van der Waals surface area contributed by atoms with Crippen molar-refractivity contribution in [2.45, 2.75) is 13.0 Å². The van der Waals surface area contributed by atoms with Gasteiger partial charge in [0.25, 0.3) is 0 Å². The minimum Gasteiger partial charge on any atom is -0.508 e. The largest absolute Gasteiger partial charge is 0.508 e. The normalized spacial score (nSPS) is 21.6. The fourth-order valence-electron chi connectivity index (χ4n) is 1.65. The molecule has 1 unspecified atom stereocenters. The number of morpholine rings is 1. The monoisotopic (exact) mass is 211 g/mol. The first-order valence-electron chi connectivity index (χ1n) is 5.00. The molecular formula is C11H14FNO2. The van der Waals surface area contributed by atoms with Crippen LogP contribution in [0.15, 0.2) is 12.1 Å². The van der Waals surface area contributed by atoms with Crippen molar-refractivity contribution < 1.29 is 14.2 Å². The molecule has 4 heteroatoms. The molecule has 82 valence electrons. The lowest BCUT2D eigenvalue weighted by molar-refractivity contribution is 0.0274. The molecule has 1 aromatic carbocycles. The first kappa shape index (κ1) is 10.4. The molecule has 15 heavy (non-hydrogen) atoms. The number of phenols is 1. The number of hydrogen-bond donors (Lipinski definition) is 2. The number of aromatic hydroxyl groups is 1. The predicted molar refractivity (Wildman–Crippen MR) is 54.4 cm³/mol. The Kier molecular flexibility index (Phi) is 2.88. The summed E-state index contributed by atoms with van der Waals surface area (Å²) in [6.07, 6.45) is -0.167. The van der Waals surface area contributed by atoms with Crippen LogP contribution in [0.5, 0.6) is 5.75 Å². The zero-order valence-corrected chi connectivity index (χ0v) is 8.59. The van der Waals surface area contributed by atoms with Gasteiger partial charge in [-0.05, 0) is 24.6 Å². The Balaban J connectivity index is 2.27. The van der Waals surface area contributed by atoms with Gasteiger partial charge in [0.05, 0.1) is 12.7 Å². The van der Waals surface area contributed by atoms with Crippen LogP contribution < -0.4 is 5.32 Å². The third-order valence-electron chi connectivity index (χ3n) is 2.64. The van der Waals surface area contributed by atoms with Gasteiger partial charge in [-0.15, -0.1) is 0 Å². The average molecular weight is 211 g/mol. The molecule has 1 aliphatic rings. The van der Waals surface area contributed by atoms with Gasteiger partial charge in [0.15, 0.2) is 0 Å². The minimum absolute atomic E-state index is 0.0147. The fraction of sp³-hybridized carbons (Fsp3) is 0.455. The van der Waals surface area contributed by atoms with Gasteiger partial charge < -0.3 is 15.2 Å². The Hall–Kier alpha value is -1.13. The highest BCUT2D eigenvalue weighted by molar-refractivity contribution is 5.37. The summed E-state index contributed by atoms with van der Waals surface area (Å²) < 4.78 is 18.8. The number of benzene rings is 1. The lowest BCUT2D eigenvalue weighted by Gasteiger charge is -2.24. The first-order chi connectivity index (χ1) is 7.18. The SMILES string of the molecule is Cc1c(O)cc(C2CNCCO2)cc1F. The molecule has 1 heterocycles. The van der Waals surface area contributed by atoms with Crippen molar-refractivity contribution in [1.29, 1.82) is 0 Å². The smallest absolute Gasteiger partial charge is 0.130 e. The summed E-state index contributed by atoms with van der Waals surface area (Å²) in [5.74, 6) is -0.404. The maximum absolute atomic E-state index is 13.4. The molecule has 0 aliphatic carbocycles. The average Bonchev–Trinajstić information content (AvgIpc) is 2.26. The van der Waals surface area contributed by atoms with Crippen molar-refractivity contribution in [2.75, 3.05) is 19.7 Å². The van der Waals surface area contributed by atoms with E-state index in [1.165, 1.54) is 6.07 Å². The van der Waals surface area contributed by atoms with Crippen LogP contribution in [-0.2, 0) is 4.74 Å². The highest BCUT2D eigenvalue weighted by Gasteiger charge is 2.18.